The van der Waals surface area contributed by atoms with Crippen LogP contribution >= 0.6 is 0 Å². The first kappa shape index (κ1) is 17.2. The van der Waals surface area contributed by atoms with Crippen molar-refractivity contribution in [2.75, 3.05) is 6.54 Å². The molecule has 0 aromatic heterocycles. The molecule has 0 aliphatic heterocycles. The van der Waals surface area contributed by atoms with Gasteiger partial charge in [0.2, 0.25) is 0 Å². The zero-order chi connectivity index (χ0) is 19.3. The van der Waals surface area contributed by atoms with Crippen molar-refractivity contribution in [2.45, 2.75) is 32.1 Å². The zero-order valence-electron chi connectivity index (χ0n) is 16.4. The lowest BCUT2D eigenvalue weighted by atomic mass is 9.59. The number of amides is 1. The van der Waals surface area contributed by atoms with Crippen LogP contribution in [0.15, 0.2) is 66.7 Å². The van der Waals surface area contributed by atoms with Crippen molar-refractivity contribution in [3.8, 4) is 0 Å². The van der Waals surface area contributed by atoms with Gasteiger partial charge in [-0.15, -0.1) is 0 Å². The monoisotopic (exact) mass is 367 g/mol. The van der Waals surface area contributed by atoms with Crippen LogP contribution in [0.4, 0.5) is 0 Å². The van der Waals surface area contributed by atoms with Crippen LogP contribution in [-0.4, -0.2) is 12.5 Å². The van der Waals surface area contributed by atoms with Gasteiger partial charge >= 0.3 is 0 Å². The van der Waals surface area contributed by atoms with Gasteiger partial charge in [0, 0.05) is 23.9 Å². The zero-order valence-corrected chi connectivity index (χ0v) is 16.4. The molecule has 1 atom stereocenters. The molecule has 0 spiro atoms. The second kappa shape index (κ2) is 6.63. The van der Waals surface area contributed by atoms with Crippen molar-refractivity contribution in [1.29, 1.82) is 0 Å². The summed E-state index contributed by atoms with van der Waals surface area (Å²) in [6.45, 7) is 4.80. The van der Waals surface area contributed by atoms with Gasteiger partial charge in [0.1, 0.15) is 0 Å². The highest BCUT2D eigenvalue weighted by Gasteiger charge is 2.42. The van der Waals surface area contributed by atoms with E-state index >= 15 is 0 Å². The lowest BCUT2D eigenvalue weighted by Crippen LogP contribution is -2.39. The Kier molecular flexibility index (Phi) is 4.08. The number of benzene rings is 3. The van der Waals surface area contributed by atoms with Crippen LogP contribution in [0.5, 0.6) is 0 Å². The van der Waals surface area contributed by atoms with Crippen LogP contribution in [0.25, 0.3) is 0 Å². The minimum Gasteiger partial charge on any atom is -0.352 e. The fraction of sp³-hybridized carbons (Fsp3) is 0.269. The quantitative estimate of drug-likeness (QED) is 0.666. The molecule has 28 heavy (non-hydrogen) atoms. The van der Waals surface area contributed by atoms with E-state index in [9.17, 15) is 4.79 Å². The number of hydrogen-bond acceptors (Lipinski definition) is 1. The Labute approximate surface area is 166 Å². The van der Waals surface area contributed by atoms with Crippen LogP contribution in [0.2, 0.25) is 0 Å². The van der Waals surface area contributed by atoms with Crippen LogP contribution < -0.4 is 5.32 Å². The van der Waals surface area contributed by atoms with E-state index < -0.39 is 0 Å². The van der Waals surface area contributed by atoms with Gasteiger partial charge in [-0.2, -0.15) is 0 Å². The predicted octanol–water partition coefficient (Wildman–Crippen LogP) is 5.33. The topological polar surface area (TPSA) is 29.1 Å². The summed E-state index contributed by atoms with van der Waals surface area (Å²) >= 11 is 0. The first-order chi connectivity index (χ1) is 13.6. The largest absolute Gasteiger partial charge is 0.352 e. The van der Waals surface area contributed by atoms with Gasteiger partial charge in [0.25, 0.3) is 5.91 Å². The van der Waals surface area contributed by atoms with Gasteiger partial charge < -0.3 is 5.32 Å². The molecule has 2 heteroatoms. The van der Waals surface area contributed by atoms with Crippen molar-refractivity contribution >= 4 is 5.91 Å². The summed E-state index contributed by atoms with van der Waals surface area (Å²) in [6.07, 6.45) is 1.10. The van der Waals surface area contributed by atoms with Gasteiger partial charge in [-0.25, -0.2) is 0 Å². The third-order valence-electron chi connectivity index (χ3n) is 6.43. The van der Waals surface area contributed by atoms with Crippen molar-refractivity contribution < 1.29 is 4.79 Å². The van der Waals surface area contributed by atoms with Gasteiger partial charge in [-0.3, -0.25) is 4.79 Å². The molecule has 0 heterocycles. The predicted molar refractivity (Wildman–Crippen MR) is 113 cm³/mol. The number of carbonyl (C=O) groups is 1. The van der Waals surface area contributed by atoms with Gasteiger partial charge in [0.05, 0.1) is 0 Å². The second-order valence-corrected chi connectivity index (χ2v) is 8.37. The number of hydrogen-bond donors (Lipinski definition) is 1. The van der Waals surface area contributed by atoms with E-state index in [1.165, 1.54) is 22.3 Å². The first-order valence-electron chi connectivity index (χ1n) is 10.2. The Hall–Kier alpha value is -2.87. The molecule has 6 rings (SSSR count). The van der Waals surface area contributed by atoms with E-state index in [1.54, 1.807) is 0 Å². The SMILES string of the molecule is Cc1cc(C)cc(C(=O)NCC2CC3c4ccccc4C2c2ccccc23)c1. The Morgan fingerprint density at radius 2 is 1.39 bits per heavy atom. The lowest BCUT2D eigenvalue weighted by molar-refractivity contribution is 0.0942. The fourth-order valence-corrected chi connectivity index (χ4v) is 5.39. The van der Waals surface area contributed by atoms with Crippen molar-refractivity contribution in [2.24, 2.45) is 5.92 Å². The summed E-state index contributed by atoms with van der Waals surface area (Å²) in [6, 6.07) is 23.8. The van der Waals surface area contributed by atoms with Crippen LogP contribution in [0.1, 0.15) is 62.0 Å². The average Bonchev–Trinajstić information content (AvgIpc) is 2.71. The molecule has 1 amide bonds. The summed E-state index contributed by atoms with van der Waals surface area (Å²) in [5, 5.41) is 3.23. The smallest absolute Gasteiger partial charge is 0.251 e. The Morgan fingerprint density at radius 1 is 0.857 bits per heavy atom. The van der Waals surface area contributed by atoms with Crippen molar-refractivity contribution in [1.82, 2.24) is 5.32 Å². The maximum Gasteiger partial charge on any atom is 0.251 e. The minimum absolute atomic E-state index is 0.0369. The molecule has 0 fully saturated rings. The van der Waals surface area contributed by atoms with E-state index in [4.69, 9.17) is 0 Å². The maximum absolute atomic E-state index is 12.8. The Bertz CT molecular complexity index is 1000. The van der Waals surface area contributed by atoms with E-state index in [2.05, 4.69) is 59.9 Å². The van der Waals surface area contributed by atoms with E-state index in [0.29, 0.717) is 17.8 Å². The lowest BCUT2D eigenvalue weighted by Gasteiger charge is -2.45. The summed E-state index contributed by atoms with van der Waals surface area (Å²) in [7, 11) is 0. The average molecular weight is 367 g/mol. The molecule has 140 valence electrons. The molecule has 3 aliphatic carbocycles. The summed E-state index contributed by atoms with van der Waals surface area (Å²) in [5.74, 6) is 1.29. The van der Waals surface area contributed by atoms with Crippen molar-refractivity contribution in [3.05, 3.63) is 106 Å². The number of fused-ring (bicyclic) bond motifs is 1. The number of nitrogens with one attached hydrogen (secondary N) is 1. The molecule has 3 aromatic rings. The van der Waals surface area contributed by atoms with E-state index in [1.807, 2.05) is 26.0 Å². The fourth-order valence-electron chi connectivity index (χ4n) is 5.39. The first-order valence-corrected chi connectivity index (χ1v) is 10.2. The summed E-state index contributed by atoms with van der Waals surface area (Å²) < 4.78 is 0. The highest BCUT2D eigenvalue weighted by atomic mass is 16.1. The molecule has 3 aromatic carbocycles. The molecule has 0 saturated carbocycles. The van der Waals surface area contributed by atoms with E-state index in [-0.39, 0.29) is 5.91 Å². The molecule has 1 unspecified atom stereocenters. The molecular weight excluding hydrogens is 342 g/mol. The normalized spacial score (nSPS) is 21.7. The number of aryl methyl sites for hydroxylation is 2. The Morgan fingerprint density at radius 3 is 1.96 bits per heavy atom. The number of rotatable bonds is 3. The Balaban J connectivity index is 1.42. The molecule has 3 aliphatic rings. The van der Waals surface area contributed by atoms with Crippen LogP contribution in [0, 0.1) is 19.8 Å². The molecule has 1 N–H and O–H groups in total. The highest BCUT2D eigenvalue weighted by Crippen LogP contribution is 2.55. The van der Waals surface area contributed by atoms with Crippen LogP contribution in [-0.2, 0) is 0 Å². The standard InChI is InChI=1S/C26H25NO/c1-16-11-17(2)13-18(12-16)26(28)27-15-19-14-24-20-7-3-5-9-22(20)25(19)23-10-6-4-8-21(23)24/h3-13,19,24-25H,14-15H2,1-2H3,(H,27,28). The molecule has 2 bridgehead atoms. The molecule has 0 radical (unpaired) electrons. The summed E-state index contributed by atoms with van der Waals surface area (Å²) in [4.78, 5) is 12.8. The van der Waals surface area contributed by atoms with Crippen molar-refractivity contribution in [3.63, 3.8) is 0 Å². The third-order valence-corrected chi connectivity index (χ3v) is 6.43. The summed E-state index contributed by atoms with van der Waals surface area (Å²) in [5.41, 5.74) is 8.87. The number of carbonyl (C=O) groups excluding carboxylic acids is 1. The maximum atomic E-state index is 12.8. The minimum atomic E-state index is 0.0369. The van der Waals surface area contributed by atoms with Gasteiger partial charge in [-0.05, 0) is 60.6 Å². The molecule has 0 saturated heterocycles. The highest BCUT2D eigenvalue weighted by molar-refractivity contribution is 5.94. The third kappa shape index (κ3) is 2.75. The van der Waals surface area contributed by atoms with Gasteiger partial charge in [0.15, 0.2) is 0 Å². The van der Waals surface area contributed by atoms with E-state index in [0.717, 1.165) is 29.7 Å². The second-order valence-electron chi connectivity index (χ2n) is 8.37. The van der Waals surface area contributed by atoms with Crippen LogP contribution in [0.3, 0.4) is 0 Å². The van der Waals surface area contributed by atoms with Gasteiger partial charge in [-0.1, -0.05) is 65.7 Å². The molecule has 2 nitrogen and oxygen atoms in total. The molecular formula is C26H25NO.